The summed E-state index contributed by atoms with van der Waals surface area (Å²) < 4.78 is 5.23. The van der Waals surface area contributed by atoms with Gasteiger partial charge in [0.15, 0.2) is 0 Å². The molecule has 1 aliphatic carbocycles. The topological polar surface area (TPSA) is 6.48 Å². The van der Waals surface area contributed by atoms with E-state index in [4.69, 9.17) is 0 Å². The number of thiophene rings is 2. The normalized spacial score (nSPS) is 13.6. The van der Waals surface area contributed by atoms with E-state index >= 15 is 0 Å². The molecular formula is C67H48N2S2. The van der Waals surface area contributed by atoms with E-state index in [0.29, 0.717) is 0 Å². The van der Waals surface area contributed by atoms with Gasteiger partial charge in [-0.25, -0.2) is 0 Å². The molecule has 12 aromatic carbocycles. The Balaban J connectivity index is 1.08. The number of nitrogens with zero attached hydrogens (tertiary/aromatic N) is 2. The highest BCUT2D eigenvalue weighted by atomic mass is 32.1. The Kier molecular flexibility index (Phi) is 8.89. The number of aryl methyl sites for hydroxylation is 2. The summed E-state index contributed by atoms with van der Waals surface area (Å²) in [6.07, 6.45) is 3.00. The lowest BCUT2D eigenvalue weighted by Gasteiger charge is -2.37. The summed E-state index contributed by atoms with van der Waals surface area (Å²) in [5, 5.41) is 18.3. The van der Waals surface area contributed by atoms with Gasteiger partial charge in [0.25, 0.3) is 0 Å². The minimum absolute atomic E-state index is 0.0397. The zero-order valence-corrected chi connectivity index (χ0v) is 41.5. The monoisotopic (exact) mass is 944 g/mol. The van der Waals surface area contributed by atoms with E-state index in [0.717, 1.165) is 19.3 Å². The average Bonchev–Trinajstić information content (AvgIpc) is 4.00. The number of hydrogen-bond donors (Lipinski definition) is 0. The van der Waals surface area contributed by atoms with Crippen molar-refractivity contribution in [1.29, 1.82) is 0 Å². The summed E-state index contributed by atoms with van der Waals surface area (Å²) in [7, 11) is 0. The quantitative estimate of drug-likeness (QED) is 0.147. The van der Waals surface area contributed by atoms with Crippen LogP contribution in [0, 0.1) is 0 Å². The highest BCUT2D eigenvalue weighted by Gasteiger charge is 2.34. The number of benzene rings is 12. The number of anilines is 6. The van der Waals surface area contributed by atoms with Gasteiger partial charge in [-0.2, -0.15) is 0 Å². The molecule has 0 saturated heterocycles. The average molecular weight is 945 g/mol. The summed E-state index contributed by atoms with van der Waals surface area (Å²) in [6.45, 7) is 7.30. The van der Waals surface area contributed by atoms with Gasteiger partial charge in [0.05, 0.1) is 32.1 Å². The molecule has 2 aromatic heterocycles. The second kappa shape index (κ2) is 15.4. The highest BCUT2D eigenvalue weighted by molar-refractivity contribution is 7.26. The lowest BCUT2D eigenvalue weighted by molar-refractivity contribution is 0.475. The van der Waals surface area contributed by atoms with Crippen LogP contribution >= 0.6 is 22.7 Å². The Morgan fingerprint density at radius 1 is 0.408 bits per heavy atom. The van der Waals surface area contributed by atoms with Crippen LogP contribution in [0.4, 0.5) is 34.1 Å². The molecule has 0 radical (unpaired) electrons. The zero-order chi connectivity index (χ0) is 47.1. The van der Waals surface area contributed by atoms with Gasteiger partial charge in [0.1, 0.15) is 0 Å². The predicted molar refractivity (Wildman–Crippen MR) is 311 cm³/mol. The smallest absolute Gasteiger partial charge is 0.0640 e. The molecule has 4 heteroatoms. The van der Waals surface area contributed by atoms with Crippen LogP contribution in [0.15, 0.2) is 200 Å². The Bertz CT molecular complexity index is 4510. The summed E-state index contributed by atoms with van der Waals surface area (Å²) in [5.74, 6) is 0. The maximum absolute atomic E-state index is 2.62. The molecule has 0 saturated carbocycles. The Labute approximate surface area is 420 Å². The van der Waals surface area contributed by atoms with Crippen LogP contribution in [0.5, 0.6) is 0 Å². The van der Waals surface area contributed by atoms with E-state index in [2.05, 4.69) is 231 Å². The van der Waals surface area contributed by atoms with Crippen LogP contribution in [0.1, 0.15) is 43.9 Å². The third kappa shape index (κ3) is 6.05. The van der Waals surface area contributed by atoms with Crippen molar-refractivity contribution in [3.05, 3.63) is 217 Å². The molecule has 15 rings (SSSR count). The van der Waals surface area contributed by atoms with E-state index in [1.54, 1.807) is 0 Å². The largest absolute Gasteiger partial charge is 0.308 e. The van der Waals surface area contributed by atoms with Gasteiger partial charge in [0, 0.05) is 58.5 Å². The van der Waals surface area contributed by atoms with Crippen LogP contribution in [0.25, 0.3) is 94.2 Å². The van der Waals surface area contributed by atoms with E-state index in [1.165, 1.54) is 145 Å². The fourth-order valence-electron chi connectivity index (χ4n) is 12.5. The molecule has 0 amide bonds. The molecule has 14 aromatic rings. The molecule has 0 aliphatic heterocycles. The van der Waals surface area contributed by atoms with Gasteiger partial charge < -0.3 is 9.80 Å². The maximum Gasteiger partial charge on any atom is 0.0640 e. The molecule has 71 heavy (non-hydrogen) atoms. The summed E-state index contributed by atoms with van der Waals surface area (Å²) >= 11 is 3.82. The molecule has 0 bridgehead atoms. The first-order valence-corrected chi connectivity index (χ1v) is 26.7. The van der Waals surface area contributed by atoms with Gasteiger partial charge >= 0.3 is 0 Å². The molecule has 2 nitrogen and oxygen atoms in total. The Morgan fingerprint density at radius 2 is 0.930 bits per heavy atom. The van der Waals surface area contributed by atoms with Gasteiger partial charge in [-0.1, -0.05) is 154 Å². The summed E-state index contributed by atoms with van der Waals surface area (Å²) in [5.41, 5.74) is 11.4. The highest BCUT2D eigenvalue weighted by Crippen LogP contribution is 2.56. The third-order valence-electron chi connectivity index (χ3n) is 16.0. The van der Waals surface area contributed by atoms with Crippen molar-refractivity contribution in [3.8, 4) is 0 Å². The second-order valence-corrected chi connectivity index (χ2v) is 22.4. The van der Waals surface area contributed by atoms with Gasteiger partial charge in [-0.15, -0.1) is 22.7 Å². The third-order valence-corrected chi connectivity index (χ3v) is 18.4. The van der Waals surface area contributed by atoms with Crippen molar-refractivity contribution in [2.45, 2.75) is 45.4 Å². The van der Waals surface area contributed by atoms with E-state index < -0.39 is 0 Å². The zero-order valence-electron chi connectivity index (χ0n) is 39.9. The molecule has 0 unspecified atom stereocenters. The lowest BCUT2D eigenvalue weighted by Crippen LogP contribution is -2.24. The lowest BCUT2D eigenvalue weighted by atomic mass is 9.70. The summed E-state index contributed by atoms with van der Waals surface area (Å²) in [6, 6.07) is 76.1. The Morgan fingerprint density at radius 3 is 1.52 bits per heavy atom. The van der Waals surface area contributed by atoms with Crippen molar-refractivity contribution in [2.75, 3.05) is 9.80 Å². The molecule has 1 aliphatic rings. The molecule has 0 spiro atoms. The van der Waals surface area contributed by atoms with E-state index in [9.17, 15) is 0 Å². The Hall–Kier alpha value is -7.76. The van der Waals surface area contributed by atoms with Crippen molar-refractivity contribution in [3.63, 3.8) is 0 Å². The number of fused-ring (bicyclic) bond motifs is 8. The molecule has 0 fully saturated rings. The van der Waals surface area contributed by atoms with Crippen molar-refractivity contribution in [2.24, 2.45) is 0 Å². The molecular weight excluding hydrogens is 897 g/mol. The van der Waals surface area contributed by atoms with E-state index in [1.807, 2.05) is 22.7 Å². The second-order valence-electron chi connectivity index (χ2n) is 20.3. The van der Waals surface area contributed by atoms with Crippen LogP contribution in [-0.4, -0.2) is 0 Å². The fourth-order valence-corrected chi connectivity index (χ4v) is 14.9. The molecule has 0 N–H and O–H groups in total. The summed E-state index contributed by atoms with van der Waals surface area (Å²) in [4.78, 5) is 5.22. The van der Waals surface area contributed by atoms with Crippen LogP contribution in [0.2, 0.25) is 0 Å². The molecule has 0 atom stereocenters. The molecule has 2 heterocycles. The fraction of sp³-hybridized carbons (Fsp3) is 0.104. The first-order valence-electron chi connectivity index (χ1n) is 25.1. The van der Waals surface area contributed by atoms with E-state index in [-0.39, 0.29) is 5.41 Å². The minimum atomic E-state index is -0.0397. The first-order chi connectivity index (χ1) is 34.9. The van der Waals surface area contributed by atoms with Crippen LogP contribution in [-0.2, 0) is 18.3 Å². The maximum atomic E-state index is 2.62. The predicted octanol–water partition coefficient (Wildman–Crippen LogP) is 20.4. The van der Waals surface area contributed by atoms with Gasteiger partial charge in [0.2, 0.25) is 0 Å². The van der Waals surface area contributed by atoms with Gasteiger partial charge in [-0.3, -0.25) is 0 Å². The minimum Gasteiger partial charge on any atom is -0.308 e. The number of rotatable bonds is 7. The molecule has 338 valence electrons. The van der Waals surface area contributed by atoms with Crippen molar-refractivity contribution < 1.29 is 0 Å². The van der Waals surface area contributed by atoms with Crippen LogP contribution < -0.4 is 9.80 Å². The SMILES string of the molecule is CCc1cc(N(c2ccc3ccccc3c2)c2cccc3c2sc2ccccc23)c2cc3c4c(cc(N(c5ccc6ccccc6c5)c5cccc6c5sc5ccccc56)c5ccc1c2c54)CCC3(C)C. The number of hydrogen-bond acceptors (Lipinski definition) is 4. The van der Waals surface area contributed by atoms with Crippen LogP contribution in [0.3, 0.4) is 0 Å². The van der Waals surface area contributed by atoms with Crippen molar-refractivity contribution >= 4 is 151 Å². The first kappa shape index (κ1) is 41.1. The van der Waals surface area contributed by atoms with Gasteiger partial charge in [-0.05, 0) is 146 Å². The standard InChI is InChI=1S/C67H48N2S2/c1-4-40-37-59(69(47-30-28-42-16-6-8-18-44(42)36-47)57-24-14-22-52-50-20-10-12-26-61(50)71-66(52)57)54-39-55-62-45(33-34-67(55,2)3)38-58(53-32-31-48(40)63(54)64(53)62)68(46-29-27-41-15-5-7-17-43(41)35-46)56-23-13-21-51-49-19-9-11-25-60(49)70-65(51)56/h5-32,35-39H,4,33-34H2,1-3H3. The van der Waals surface area contributed by atoms with Crippen molar-refractivity contribution in [1.82, 2.24) is 0 Å².